The van der Waals surface area contributed by atoms with Crippen molar-refractivity contribution >= 4 is 17.7 Å². The minimum Gasteiger partial charge on any atom is -0.444 e. The van der Waals surface area contributed by atoms with Crippen molar-refractivity contribution < 1.29 is 14.3 Å². The van der Waals surface area contributed by atoms with Crippen molar-refractivity contribution in [2.45, 2.75) is 46.1 Å². The maximum atomic E-state index is 11.8. The van der Waals surface area contributed by atoms with Gasteiger partial charge in [0.15, 0.2) is 0 Å². The van der Waals surface area contributed by atoms with Gasteiger partial charge in [-0.15, -0.1) is 0 Å². The van der Waals surface area contributed by atoms with Gasteiger partial charge in [0.2, 0.25) is 5.91 Å². The summed E-state index contributed by atoms with van der Waals surface area (Å²) < 4.78 is 5.10. The summed E-state index contributed by atoms with van der Waals surface area (Å²) in [7, 11) is 0. The highest BCUT2D eigenvalue weighted by molar-refractivity contribution is 5.91. The summed E-state index contributed by atoms with van der Waals surface area (Å²) in [6.45, 7) is 7.71. The number of hydrogen-bond donors (Lipinski definition) is 2. The summed E-state index contributed by atoms with van der Waals surface area (Å²) in [5.41, 5.74) is 1.16. The fraction of sp³-hybridized carbons (Fsp3) is 0.533. The van der Waals surface area contributed by atoms with Crippen molar-refractivity contribution in [2.24, 2.45) is 0 Å². The Morgan fingerprint density at radius 1 is 1.33 bits per heavy atom. The second-order valence-corrected chi connectivity index (χ2v) is 5.77. The zero-order chi connectivity index (χ0) is 15.9. The van der Waals surface area contributed by atoms with Gasteiger partial charge >= 0.3 is 6.09 Å². The molecule has 0 saturated carbocycles. The van der Waals surface area contributed by atoms with Crippen LogP contribution in [0, 0.1) is 6.92 Å². The molecule has 0 fully saturated rings. The molecule has 1 heterocycles. The summed E-state index contributed by atoms with van der Waals surface area (Å²) >= 11 is 0. The summed E-state index contributed by atoms with van der Waals surface area (Å²) in [6, 6.07) is 1.83. The predicted molar refractivity (Wildman–Crippen MR) is 81.1 cm³/mol. The summed E-state index contributed by atoms with van der Waals surface area (Å²) in [4.78, 5) is 27.1. The van der Waals surface area contributed by atoms with E-state index in [1.54, 1.807) is 33.2 Å². The monoisotopic (exact) mass is 293 g/mol. The first-order valence-corrected chi connectivity index (χ1v) is 6.95. The number of carbonyl (C=O) groups is 2. The van der Waals surface area contributed by atoms with Gasteiger partial charge in [0.1, 0.15) is 5.60 Å². The third-order valence-electron chi connectivity index (χ3n) is 2.56. The first kappa shape index (κ1) is 16.9. The first-order chi connectivity index (χ1) is 9.78. The smallest absolute Gasteiger partial charge is 0.407 e. The Kier molecular flexibility index (Phi) is 6.14. The molecule has 116 valence electrons. The Morgan fingerprint density at radius 2 is 2.05 bits per heavy atom. The molecule has 1 aromatic heterocycles. The topological polar surface area (TPSA) is 80.3 Å². The first-order valence-electron chi connectivity index (χ1n) is 6.95. The Morgan fingerprint density at radius 3 is 2.67 bits per heavy atom. The highest BCUT2D eigenvalue weighted by atomic mass is 16.6. The number of alkyl carbamates (subject to hydrolysis) is 1. The molecule has 0 spiro atoms. The molecule has 1 aromatic rings. The van der Waals surface area contributed by atoms with Crippen LogP contribution in [-0.2, 0) is 9.53 Å². The number of pyridine rings is 1. The van der Waals surface area contributed by atoms with E-state index < -0.39 is 11.7 Å². The molecular formula is C15H23N3O3. The van der Waals surface area contributed by atoms with Crippen molar-refractivity contribution in [3.63, 3.8) is 0 Å². The van der Waals surface area contributed by atoms with Crippen LogP contribution < -0.4 is 10.6 Å². The van der Waals surface area contributed by atoms with Crippen molar-refractivity contribution in [3.8, 4) is 0 Å². The molecular weight excluding hydrogens is 270 g/mol. The molecule has 6 nitrogen and oxygen atoms in total. The molecule has 0 atom stereocenters. The maximum Gasteiger partial charge on any atom is 0.407 e. The maximum absolute atomic E-state index is 11.8. The predicted octanol–water partition coefficient (Wildman–Crippen LogP) is 2.63. The standard InChI is InChI=1S/C15H23N3O3/c1-11-7-9-16-10-12(11)18-13(19)6-5-8-17-14(20)21-15(2,3)4/h7,9-10H,5-6,8H2,1-4H3,(H,17,20)(H,18,19). The van der Waals surface area contributed by atoms with Crippen LogP contribution >= 0.6 is 0 Å². The Hall–Kier alpha value is -2.11. The number of hydrogen-bond acceptors (Lipinski definition) is 4. The van der Waals surface area contributed by atoms with Gasteiger partial charge in [-0.3, -0.25) is 9.78 Å². The SMILES string of the molecule is Cc1ccncc1NC(=O)CCCNC(=O)OC(C)(C)C. The van der Waals surface area contributed by atoms with Gasteiger partial charge in [-0.25, -0.2) is 4.79 Å². The number of aromatic nitrogens is 1. The number of anilines is 1. The van der Waals surface area contributed by atoms with Crippen molar-refractivity contribution in [2.75, 3.05) is 11.9 Å². The Bertz CT molecular complexity index is 495. The summed E-state index contributed by atoms with van der Waals surface area (Å²) in [5, 5.41) is 5.41. The van der Waals surface area contributed by atoms with Crippen LogP contribution in [0.3, 0.4) is 0 Å². The molecule has 0 aromatic carbocycles. The van der Waals surface area contributed by atoms with E-state index in [4.69, 9.17) is 4.74 Å². The number of rotatable bonds is 5. The lowest BCUT2D eigenvalue weighted by Gasteiger charge is -2.19. The van der Waals surface area contributed by atoms with Gasteiger partial charge in [0.25, 0.3) is 0 Å². The van der Waals surface area contributed by atoms with Crippen molar-refractivity contribution in [3.05, 3.63) is 24.0 Å². The van der Waals surface area contributed by atoms with E-state index in [2.05, 4.69) is 15.6 Å². The van der Waals surface area contributed by atoms with Crippen LogP contribution in [0.5, 0.6) is 0 Å². The largest absolute Gasteiger partial charge is 0.444 e. The van der Waals surface area contributed by atoms with Crippen LogP contribution in [0.1, 0.15) is 39.2 Å². The normalized spacial score (nSPS) is 10.9. The van der Waals surface area contributed by atoms with Crippen molar-refractivity contribution in [1.82, 2.24) is 10.3 Å². The molecule has 0 unspecified atom stereocenters. The zero-order valence-electron chi connectivity index (χ0n) is 13.0. The van der Waals surface area contributed by atoms with Gasteiger partial charge < -0.3 is 15.4 Å². The van der Waals surface area contributed by atoms with Gasteiger partial charge in [-0.1, -0.05) is 0 Å². The fourth-order valence-electron chi connectivity index (χ4n) is 1.56. The van der Waals surface area contributed by atoms with Gasteiger partial charge in [0.05, 0.1) is 11.9 Å². The molecule has 0 radical (unpaired) electrons. The molecule has 2 amide bonds. The molecule has 0 aliphatic carbocycles. The van der Waals surface area contributed by atoms with E-state index >= 15 is 0 Å². The minimum absolute atomic E-state index is 0.0999. The Labute approximate surface area is 125 Å². The lowest BCUT2D eigenvalue weighted by Crippen LogP contribution is -2.33. The van der Waals surface area contributed by atoms with Crippen LogP contribution in [0.4, 0.5) is 10.5 Å². The lowest BCUT2D eigenvalue weighted by molar-refractivity contribution is -0.116. The second kappa shape index (κ2) is 7.61. The third-order valence-corrected chi connectivity index (χ3v) is 2.56. The number of ether oxygens (including phenoxy) is 1. The van der Waals surface area contributed by atoms with E-state index in [1.807, 2.05) is 13.0 Å². The number of nitrogens with one attached hydrogen (secondary N) is 2. The average molecular weight is 293 g/mol. The molecule has 0 saturated heterocycles. The minimum atomic E-state index is -0.515. The second-order valence-electron chi connectivity index (χ2n) is 5.77. The molecule has 0 aliphatic heterocycles. The molecule has 6 heteroatoms. The molecule has 0 aliphatic rings. The van der Waals surface area contributed by atoms with Gasteiger partial charge in [0, 0.05) is 19.2 Å². The fourth-order valence-corrected chi connectivity index (χ4v) is 1.56. The third kappa shape index (κ3) is 7.29. The highest BCUT2D eigenvalue weighted by Gasteiger charge is 2.15. The molecule has 2 N–H and O–H groups in total. The zero-order valence-corrected chi connectivity index (χ0v) is 13.0. The van der Waals surface area contributed by atoms with E-state index in [0.29, 0.717) is 25.1 Å². The molecule has 1 rings (SSSR count). The van der Waals surface area contributed by atoms with Crippen LogP contribution in [-0.4, -0.2) is 29.1 Å². The summed E-state index contributed by atoms with van der Waals surface area (Å²) in [6.07, 6.45) is 3.70. The number of nitrogens with zero attached hydrogens (tertiary/aromatic N) is 1. The number of carbonyl (C=O) groups excluding carboxylic acids is 2. The summed E-state index contributed by atoms with van der Waals surface area (Å²) in [5.74, 6) is -0.0999. The van der Waals surface area contributed by atoms with Crippen molar-refractivity contribution in [1.29, 1.82) is 0 Å². The molecule has 0 bridgehead atoms. The van der Waals surface area contributed by atoms with Crippen LogP contribution in [0.2, 0.25) is 0 Å². The van der Waals surface area contributed by atoms with E-state index in [-0.39, 0.29) is 5.91 Å². The highest BCUT2D eigenvalue weighted by Crippen LogP contribution is 2.11. The van der Waals surface area contributed by atoms with Gasteiger partial charge in [-0.05, 0) is 45.7 Å². The molecule has 21 heavy (non-hydrogen) atoms. The number of amides is 2. The van der Waals surface area contributed by atoms with Crippen LogP contribution in [0.25, 0.3) is 0 Å². The van der Waals surface area contributed by atoms with Gasteiger partial charge in [-0.2, -0.15) is 0 Å². The quantitative estimate of drug-likeness (QED) is 0.818. The van der Waals surface area contributed by atoms with E-state index in [0.717, 1.165) is 5.56 Å². The van der Waals surface area contributed by atoms with E-state index in [9.17, 15) is 9.59 Å². The van der Waals surface area contributed by atoms with Crippen LogP contribution in [0.15, 0.2) is 18.5 Å². The average Bonchev–Trinajstić information content (AvgIpc) is 2.35. The lowest BCUT2D eigenvalue weighted by atomic mass is 10.2. The number of aryl methyl sites for hydroxylation is 1. The van der Waals surface area contributed by atoms with E-state index in [1.165, 1.54) is 0 Å². The Balaban J connectivity index is 2.23.